The lowest BCUT2D eigenvalue weighted by molar-refractivity contribution is -0.122. The summed E-state index contributed by atoms with van der Waals surface area (Å²) in [5.41, 5.74) is 1.68. The normalized spacial score (nSPS) is 14.7. The number of barbiturate groups is 1. The Bertz CT molecular complexity index is 1810. The summed E-state index contributed by atoms with van der Waals surface area (Å²) in [7, 11) is 0. The standard InChI is InChI=1S/C32H21ClN2O4/c33-23-13-15-24(16-14-23)35-31(37)28(30(36)34-32(35)38)18-27-26-11-4-2-7-21(26)12-17-29(27)39-19-22-9-5-8-20-6-1-3-10-25(20)22/h1-18H,19H2,(H,34,36,38)/b28-18+. The number of fused-ring (bicyclic) bond motifs is 2. The van der Waals surface area contributed by atoms with Crippen LogP contribution in [-0.4, -0.2) is 17.8 Å². The number of hydrogen-bond donors (Lipinski definition) is 1. The summed E-state index contributed by atoms with van der Waals surface area (Å²) < 4.78 is 6.31. The molecule has 5 aromatic rings. The van der Waals surface area contributed by atoms with Gasteiger partial charge in [-0.25, -0.2) is 9.69 Å². The third-order valence-corrected chi connectivity index (χ3v) is 6.92. The minimum Gasteiger partial charge on any atom is -0.488 e. The van der Waals surface area contributed by atoms with Crippen molar-refractivity contribution in [1.29, 1.82) is 0 Å². The number of ether oxygens (including phenoxy) is 1. The molecule has 1 N–H and O–H groups in total. The van der Waals surface area contributed by atoms with Crippen LogP contribution in [0.3, 0.4) is 0 Å². The quantitative estimate of drug-likeness (QED) is 0.197. The van der Waals surface area contributed by atoms with E-state index in [1.54, 1.807) is 24.3 Å². The van der Waals surface area contributed by atoms with Gasteiger partial charge in [0, 0.05) is 10.6 Å². The summed E-state index contributed by atoms with van der Waals surface area (Å²) >= 11 is 5.98. The number of benzene rings is 5. The molecule has 190 valence electrons. The Balaban J connectivity index is 1.42. The predicted molar refractivity (Wildman–Crippen MR) is 153 cm³/mol. The Hall–Kier alpha value is -4.94. The second-order valence-corrected chi connectivity index (χ2v) is 9.50. The van der Waals surface area contributed by atoms with Crippen molar-refractivity contribution >= 4 is 62.8 Å². The van der Waals surface area contributed by atoms with Crippen molar-refractivity contribution in [2.75, 3.05) is 4.90 Å². The molecule has 0 bridgehead atoms. The van der Waals surface area contributed by atoms with Crippen LogP contribution in [0.2, 0.25) is 5.02 Å². The van der Waals surface area contributed by atoms with Crippen molar-refractivity contribution in [2.24, 2.45) is 0 Å². The Morgan fingerprint density at radius 3 is 2.18 bits per heavy atom. The highest BCUT2D eigenvalue weighted by Crippen LogP contribution is 2.33. The van der Waals surface area contributed by atoms with E-state index in [1.807, 2.05) is 78.9 Å². The molecule has 0 aromatic heterocycles. The zero-order chi connectivity index (χ0) is 26.9. The molecular formula is C32H21ClN2O4. The predicted octanol–water partition coefficient (Wildman–Crippen LogP) is 6.89. The Morgan fingerprint density at radius 2 is 1.41 bits per heavy atom. The van der Waals surface area contributed by atoms with Crippen LogP contribution in [0.15, 0.2) is 109 Å². The van der Waals surface area contributed by atoms with Crippen LogP contribution in [0, 0.1) is 0 Å². The molecule has 39 heavy (non-hydrogen) atoms. The number of urea groups is 1. The Morgan fingerprint density at radius 1 is 0.744 bits per heavy atom. The first kappa shape index (κ1) is 24.4. The lowest BCUT2D eigenvalue weighted by Crippen LogP contribution is -2.54. The molecule has 1 aliphatic heterocycles. The van der Waals surface area contributed by atoms with Gasteiger partial charge in [0.1, 0.15) is 17.9 Å². The van der Waals surface area contributed by atoms with Crippen molar-refractivity contribution < 1.29 is 19.1 Å². The first-order chi connectivity index (χ1) is 19.0. The molecule has 1 saturated heterocycles. The molecule has 4 amide bonds. The minimum absolute atomic E-state index is 0.184. The monoisotopic (exact) mass is 532 g/mol. The number of anilines is 1. The number of carbonyl (C=O) groups excluding carboxylic acids is 3. The average molecular weight is 533 g/mol. The third kappa shape index (κ3) is 4.62. The van der Waals surface area contributed by atoms with Gasteiger partial charge in [-0.3, -0.25) is 14.9 Å². The lowest BCUT2D eigenvalue weighted by Gasteiger charge is -2.26. The van der Waals surface area contributed by atoms with Crippen molar-refractivity contribution in [2.45, 2.75) is 6.61 Å². The molecule has 0 aliphatic carbocycles. The van der Waals surface area contributed by atoms with Crippen LogP contribution in [0.5, 0.6) is 5.75 Å². The minimum atomic E-state index is -0.824. The smallest absolute Gasteiger partial charge is 0.335 e. The molecule has 6 nitrogen and oxygen atoms in total. The fraction of sp³-hybridized carbons (Fsp3) is 0.0312. The van der Waals surface area contributed by atoms with E-state index >= 15 is 0 Å². The number of amides is 4. The zero-order valence-electron chi connectivity index (χ0n) is 20.6. The summed E-state index contributed by atoms with van der Waals surface area (Å²) in [4.78, 5) is 40.0. The van der Waals surface area contributed by atoms with Crippen LogP contribution >= 0.6 is 11.6 Å². The van der Waals surface area contributed by atoms with Crippen LogP contribution in [0.4, 0.5) is 10.5 Å². The number of hydrogen-bond acceptors (Lipinski definition) is 4. The van der Waals surface area contributed by atoms with Crippen molar-refractivity contribution in [1.82, 2.24) is 5.32 Å². The van der Waals surface area contributed by atoms with Crippen molar-refractivity contribution in [3.8, 4) is 5.75 Å². The van der Waals surface area contributed by atoms with Crippen molar-refractivity contribution in [3.05, 3.63) is 125 Å². The van der Waals surface area contributed by atoms with E-state index in [4.69, 9.17) is 16.3 Å². The third-order valence-electron chi connectivity index (χ3n) is 6.67. The maximum Gasteiger partial charge on any atom is 0.335 e. The molecule has 0 atom stereocenters. The maximum atomic E-state index is 13.5. The van der Waals surface area contributed by atoms with E-state index in [1.165, 1.54) is 6.08 Å². The van der Waals surface area contributed by atoms with Gasteiger partial charge in [0.05, 0.1) is 5.69 Å². The first-order valence-corrected chi connectivity index (χ1v) is 12.7. The lowest BCUT2D eigenvalue weighted by atomic mass is 9.99. The summed E-state index contributed by atoms with van der Waals surface area (Å²) in [5, 5.41) is 6.64. The van der Waals surface area contributed by atoms with Gasteiger partial charge in [-0.2, -0.15) is 0 Å². The van der Waals surface area contributed by atoms with E-state index in [0.29, 0.717) is 22.0 Å². The molecule has 0 spiro atoms. The number of rotatable bonds is 5. The van der Waals surface area contributed by atoms with Gasteiger partial charge < -0.3 is 4.74 Å². The highest BCUT2D eigenvalue weighted by Gasteiger charge is 2.37. The highest BCUT2D eigenvalue weighted by atomic mass is 35.5. The summed E-state index contributed by atoms with van der Waals surface area (Å²) in [6.45, 7) is 0.283. The summed E-state index contributed by atoms with van der Waals surface area (Å²) in [6, 6.07) is 30.9. The van der Waals surface area contributed by atoms with E-state index < -0.39 is 17.8 Å². The van der Waals surface area contributed by atoms with Crippen LogP contribution < -0.4 is 15.0 Å². The van der Waals surface area contributed by atoms with Crippen LogP contribution in [0.1, 0.15) is 11.1 Å². The fourth-order valence-corrected chi connectivity index (χ4v) is 4.88. The number of halogens is 1. The van der Waals surface area contributed by atoms with E-state index in [2.05, 4.69) is 5.32 Å². The van der Waals surface area contributed by atoms with E-state index in [-0.39, 0.29) is 12.2 Å². The van der Waals surface area contributed by atoms with Gasteiger partial charge in [0.15, 0.2) is 0 Å². The van der Waals surface area contributed by atoms with Gasteiger partial charge in [-0.05, 0) is 63.5 Å². The highest BCUT2D eigenvalue weighted by molar-refractivity contribution is 6.39. The van der Waals surface area contributed by atoms with E-state index in [9.17, 15) is 14.4 Å². The average Bonchev–Trinajstić information content (AvgIpc) is 2.95. The van der Waals surface area contributed by atoms with Gasteiger partial charge >= 0.3 is 6.03 Å². The second-order valence-electron chi connectivity index (χ2n) is 9.06. The number of nitrogens with one attached hydrogen (secondary N) is 1. The molecule has 7 heteroatoms. The number of nitrogens with zero attached hydrogens (tertiary/aromatic N) is 1. The largest absolute Gasteiger partial charge is 0.488 e. The first-order valence-electron chi connectivity index (χ1n) is 12.3. The van der Waals surface area contributed by atoms with Gasteiger partial charge in [0.2, 0.25) is 0 Å². The summed E-state index contributed by atoms with van der Waals surface area (Å²) in [5.74, 6) is -1.01. The molecule has 1 heterocycles. The molecule has 5 aromatic carbocycles. The molecule has 0 saturated carbocycles. The van der Waals surface area contributed by atoms with Gasteiger partial charge in [0.25, 0.3) is 11.8 Å². The van der Waals surface area contributed by atoms with Crippen LogP contribution in [-0.2, 0) is 16.2 Å². The van der Waals surface area contributed by atoms with Gasteiger partial charge in [-0.1, -0.05) is 84.4 Å². The second kappa shape index (κ2) is 10.1. The number of carbonyl (C=O) groups is 3. The molecule has 0 unspecified atom stereocenters. The van der Waals surface area contributed by atoms with E-state index in [0.717, 1.165) is 32.0 Å². The van der Waals surface area contributed by atoms with Crippen LogP contribution in [0.25, 0.3) is 27.6 Å². The topological polar surface area (TPSA) is 75.7 Å². The molecule has 1 aliphatic rings. The SMILES string of the molecule is O=C1NC(=O)N(c2ccc(Cl)cc2)C(=O)/C1=C/c1c(OCc2cccc3ccccc23)ccc2ccccc12. The maximum absolute atomic E-state index is 13.5. The number of imide groups is 2. The molecular weight excluding hydrogens is 512 g/mol. The molecule has 1 fully saturated rings. The fourth-order valence-electron chi connectivity index (χ4n) is 4.75. The Kier molecular flexibility index (Phi) is 6.31. The van der Waals surface area contributed by atoms with Crippen molar-refractivity contribution in [3.63, 3.8) is 0 Å². The molecule has 6 rings (SSSR count). The Labute approximate surface area is 229 Å². The van der Waals surface area contributed by atoms with Gasteiger partial charge in [-0.15, -0.1) is 0 Å². The summed E-state index contributed by atoms with van der Waals surface area (Å²) in [6.07, 6.45) is 1.49. The zero-order valence-corrected chi connectivity index (χ0v) is 21.3. The molecule has 0 radical (unpaired) electrons.